The molecule has 1 heterocycles. The van der Waals surface area contributed by atoms with E-state index in [4.69, 9.17) is 5.26 Å². The molecule has 0 spiro atoms. The fraction of sp³-hybridized carbons (Fsp3) is 0.357. The second kappa shape index (κ2) is 5.61. The molecule has 104 valence electrons. The van der Waals surface area contributed by atoms with Crippen LogP contribution in [-0.4, -0.2) is 33.5 Å². The van der Waals surface area contributed by atoms with Gasteiger partial charge in [-0.05, 0) is 12.1 Å². The first-order valence-corrected chi connectivity index (χ1v) is 6.31. The van der Waals surface area contributed by atoms with Gasteiger partial charge in [0.2, 0.25) is 5.91 Å². The van der Waals surface area contributed by atoms with E-state index < -0.39 is 0 Å². The van der Waals surface area contributed by atoms with Crippen LogP contribution in [0.15, 0.2) is 29.1 Å². The molecule has 6 heteroatoms. The van der Waals surface area contributed by atoms with Gasteiger partial charge in [0, 0.05) is 20.6 Å². The van der Waals surface area contributed by atoms with Crippen LogP contribution in [-0.2, 0) is 18.4 Å². The SMILES string of the molecule is CN(CCC#N)C(=O)Cn1c(=O)n(C)c2ccccc21. The minimum atomic E-state index is -0.215. The topological polar surface area (TPSA) is 71.0 Å². The number of benzene rings is 1. The van der Waals surface area contributed by atoms with Crippen molar-refractivity contribution in [3.8, 4) is 6.07 Å². The normalized spacial score (nSPS) is 10.4. The molecule has 0 saturated heterocycles. The lowest BCUT2D eigenvalue weighted by Gasteiger charge is -2.15. The van der Waals surface area contributed by atoms with Gasteiger partial charge in [-0.15, -0.1) is 0 Å². The predicted octanol–water partition coefficient (Wildman–Crippen LogP) is 0.712. The molecule has 0 N–H and O–H groups in total. The van der Waals surface area contributed by atoms with Gasteiger partial charge in [0.1, 0.15) is 6.54 Å². The van der Waals surface area contributed by atoms with Crippen molar-refractivity contribution in [3.63, 3.8) is 0 Å². The minimum absolute atomic E-state index is 0.0118. The molecule has 2 aromatic rings. The number of carbonyl (C=O) groups excluding carboxylic acids is 1. The Labute approximate surface area is 116 Å². The third kappa shape index (κ3) is 2.43. The number of para-hydroxylation sites is 2. The van der Waals surface area contributed by atoms with Crippen LogP contribution in [0.4, 0.5) is 0 Å². The van der Waals surface area contributed by atoms with Gasteiger partial charge in [-0.2, -0.15) is 5.26 Å². The average molecular weight is 272 g/mol. The fourth-order valence-electron chi connectivity index (χ4n) is 2.11. The smallest absolute Gasteiger partial charge is 0.329 e. The van der Waals surface area contributed by atoms with Crippen LogP contribution in [0.1, 0.15) is 6.42 Å². The average Bonchev–Trinajstić information content (AvgIpc) is 2.70. The fourth-order valence-corrected chi connectivity index (χ4v) is 2.11. The highest BCUT2D eigenvalue weighted by molar-refractivity contribution is 5.80. The summed E-state index contributed by atoms with van der Waals surface area (Å²) in [6.07, 6.45) is 0.284. The Morgan fingerprint density at radius 1 is 1.35 bits per heavy atom. The van der Waals surface area contributed by atoms with Crippen molar-refractivity contribution in [3.05, 3.63) is 34.7 Å². The molecule has 1 aromatic carbocycles. The lowest BCUT2D eigenvalue weighted by Crippen LogP contribution is -2.34. The summed E-state index contributed by atoms with van der Waals surface area (Å²) in [5.74, 6) is -0.182. The lowest BCUT2D eigenvalue weighted by molar-refractivity contribution is -0.130. The molecule has 0 unspecified atom stereocenters. The second-order valence-corrected chi connectivity index (χ2v) is 4.64. The molecule has 0 atom stereocenters. The molecule has 0 fully saturated rings. The van der Waals surface area contributed by atoms with Crippen LogP contribution in [0, 0.1) is 11.3 Å². The zero-order chi connectivity index (χ0) is 14.7. The first-order chi connectivity index (χ1) is 9.56. The molecule has 20 heavy (non-hydrogen) atoms. The molecule has 0 aliphatic heterocycles. The molecular weight excluding hydrogens is 256 g/mol. The highest BCUT2D eigenvalue weighted by Crippen LogP contribution is 2.11. The van der Waals surface area contributed by atoms with Crippen molar-refractivity contribution in [1.82, 2.24) is 14.0 Å². The van der Waals surface area contributed by atoms with Gasteiger partial charge in [0.05, 0.1) is 23.5 Å². The highest BCUT2D eigenvalue weighted by atomic mass is 16.2. The van der Waals surface area contributed by atoms with Crippen LogP contribution in [0.2, 0.25) is 0 Å². The number of hydrogen-bond acceptors (Lipinski definition) is 3. The summed E-state index contributed by atoms with van der Waals surface area (Å²) in [4.78, 5) is 25.7. The number of amides is 1. The molecule has 0 saturated carbocycles. The Morgan fingerprint density at radius 3 is 2.65 bits per heavy atom. The number of nitrogens with zero attached hydrogens (tertiary/aromatic N) is 4. The van der Waals surface area contributed by atoms with Gasteiger partial charge in [0.15, 0.2) is 0 Å². The summed E-state index contributed by atoms with van der Waals surface area (Å²) < 4.78 is 2.98. The number of carbonyl (C=O) groups is 1. The zero-order valence-electron chi connectivity index (χ0n) is 11.5. The van der Waals surface area contributed by atoms with Gasteiger partial charge in [-0.3, -0.25) is 13.9 Å². The van der Waals surface area contributed by atoms with Crippen LogP contribution in [0.3, 0.4) is 0 Å². The summed E-state index contributed by atoms with van der Waals surface area (Å²) in [6, 6.07) is 9.35. The van der Waals surface area contributed by atoms with Crippen molar-refractivity contribution in [1.29, 1.82) is 5.26 Å². The van der Waals surface area contributed by atoms with Crippen molar-refractivity contribution in [2.75, 3.05) is 13.6 Å². The van der Waals surface area contributed by atoms with E-state index in [-0.39, 0.29) is 24.6 Å². The molecule has 6 nitrogen and oxygen atoms in total. The quantitative estimate of drug-likeness (QED) is 0.823. The molecule has 0 radical (unpaired) electrons. The van der Waals surface area contributed by atoms with E-state index in [1.165, 1.54) is 14.0 Å². The van der Waals surface area contributed by atoms with Gasteiger partial charge in [-0.1, -0.05) is 12.1 Å². The standard InChI is InChI=1S/C14H16N4O2/c1-16(9-5-8-15)13(19)10-18-12-7-4-3-6-11(12)17(2)14(18)20/h3-4,6-7H,5,9-10H2,1-2H3. The Morgan fingerprint density at radius 2 is 2.00 bits per heavy atom. The zero-order valence-corrected chi connectivity index (χ0v) is 11.5. The largest absolute Gasteiger partial charge is 0.343 e. The van der Waals surface area contributed by atoms with Crippen molar-refractivity contribution < 1.29 is 4.79 Å². The lowest BCUT2D eigenvalue weighted by atomic mass is 10.3. The summed E-state index contributed by atoms with van der Waals surface area (Å²) in [6.45, 7) is 0.358. The number of rotatable bonds is 4. The van der Waals surface area contributed by atoms with Crippen molar-refractivity contribution >= 4 is 16.9 Å². The van der Waals surface area contributed by atoms with E-state index in [9.17, 15) is 9.59 Å². The van der Waals surface area contributed by atoms with Crippen LogP contribution in [0.5, 0.6) is 0 Å². The Kier molecular flexibility index (Phi) is 3.89. The maximum atomic E-state index is 12.2. The molecule has 0 aliphatic rings. The Bertz CT molecular complexity index is 736. The highest BCUT2D eigenvalue weighted by Gasteiger charge is 2.15. The molecule has 0 aliphatic carbocycles. The van der Waals surface area contributed by atoms with Crippen molar-refractivity contribution in [2.45, 2.75) is 13.0 Å². The summed E-state index contributed by atoms with van der Waals surface area (Å²) in [5.41, 5.74) is 1.32. The van der Waals surface area contributed by atoms with E-state index >= 15 is 0 Å². The summed E-state index contributed by atoms with van der Waals surface area (Å²) in [5, 5.41) is 8.53. The predicted molar refractivity (Wildman–Crippen MR) is 75.0 cm³/mol. The Hall–Kier alpha value is -2.55. The van der Waals surface area contributed by atoms with Crippen LogP contribution in [0.25, 0.3) is 11.0 Å². The summed E-state index contributed by atoms with van der Waals surface area (Å²) >= 11 is 0. The number of likely N-dealkylation sites (N-methyl/N-ethyl adjacent to an activating group) is 1. The monoisotopic (exact) mass is 272 g/mol. The second-order valence-electron chi connectivity index (χ2n) is 4.64. The number of aromatic nitrogens is 2. The van der Waals surface area contributed by atoms with Crippen molar-refractivity contribution in [2.24, 2.45) is 7.05 Å². The van der Waals surface area contributed by atoms with E-state index in [1.807, 2.05) is 30.3 Å². The minimum Gasteiger partial charge on any atom is -0.343 e. The molecule has 2 rings (SSSR count). The van der Waals surface area contributed by atoms with E-state index in [0.717, 1.165) is 11.0 Å². The number of nitriles is 1. The first-order valence-electron chi connectivity index (χ1n) is 6.31. The maximum absolute atomic E-state index is 12.2. The molecule has 1 aromatic heterocycles. The molecule has 1 amide bonds. The first kappa shape index (κ1) is 13.9. The number of fused-ring (bicyclic) bond motifs is 1. The van der Waals surface area contributed by atoms with E-state index in [1.54, 1.807) is 14.1 Å². The van der Waals surface area contributed by atoms with Gasteiger partial charge in [-0.25, -0.2) is 4.79 Å². The van der Waals surface area contributed by atoms with E-state index in [0.29, 0.717) is 6.54 Å². The Balaban J connectivity index is 2.31. The van der Waals surface area contributed by atoms with Gasteiger partial charge >= 0.3 is 5.69 Å². The number of imidazole rings is 1. The third-order valence-electron chi connectivity index (χ3n) is 3.33. The summed E-state index contributed by atoms with van der Waals surface area (Å²) in [7, 11) is 3.32. The number of hydrogen-bond donors (Lipinski definition) is 0. The number of aryl methyl sites for hydroxylation is 1. The third-order valence-corrected chi connectivity index (χ3v) is 3.33. The maximum Gasteiger partial charge on any atom is 0.329 e. The van der Waals surface area contributed by atoms with Gasteiger partial charge < -0.3 is 4.90 Å². The van der Waals surface area contributed by atoms with Gasteiger partial charge in [0.25, 0.3) is 0 Å². The van der Waals surface area contributed by atoms with Crippen LogP contribution >= 0.6 is 0 Å². The van der Waals surface area contributed by atoms with Crippen LogP contribution < -0.4 is 5.69 Å². The van der Waals surface area contributed by atoms with E-state index in [2.05, 4.69) is 0 Å². The molecule has 0 bridgehead atoms. The molecular formula is C14H16N4O2.